The van der Waals surface area contributed by atoms with E-state index in [2.05, 4.69) is 4.98 Å². The number of nitrogens with one attached hydrogen (secondary N) is 1. The van der Waals surface area contributed by atoms with Crippen molar-refractivity contribution in [2.75, 3.05) is 7.11 Å². The highest BCUT2D eigenvalue weighted by molar-refractivity contribution is 6.32. The van der Waals surface area contributed by atoms with Crippen LogP contribution in [0.5, 0.6) is 5.75 Å². The zero-order valence-electron chi connectivity index (χ0n) is 16.4. The van der Waals surface area contributed by atoms with Crippen molar-refractivity contribution < 1.29 is 23.0 Å². The summed E-state index contributed by atoms with van der Waals surface area (Å²) >= 11 is 6.22. The Labute approximate surface area is 176 Å². The molecule has 3 rings (SSSR count). The number of aromatic nitrogens is 1. The standard InChI is InChI=1S/C22H18ClF2NO4/c1-11-4-5-13(22(28)29-3)8-16(11)18-12(2)26-21(27)19(23)20(18)30-10-14-6-7-15(24)9-17(14)25/h4-9H,10H2,1-3H3,(H,26,27). The first-order chi connectivity index (χ1) is 14.2. The molecule has 0 atom stereocenters. The van der Waals surface area contributed by atoms with E-state index in [-0.39, 0.29) is 22.9 Å². The van der Waals surface area contributed by atoms with Gasteiger partial charge >= 0.3 is 5.97 Å². The molecule has 0 saturated carbocycles. The van der Waals surface area contributed by atoms with E-state index in [0.717, 1.165) is 17.7 Å². The Morgan fingerprint density at radius 2 is 1.87 bits per heavy atom. The quantitative estimate of drug-likeness (QED) is 0.578. The highest BCUT2D eigenvalue weighted by Gasteiger charge is 2.21. The number of benzene rings is 2. The van der Waals surface area contributed by atoms with Crippen molar-refractivity contribution in [1.29, 1.82) is 0 Å². The predicted molar refractivity (Wildman–Crippen MR) is 109 cm³/mol. The van der Waals surface area contributed by atoms with Gasteiger partial charge in [0.25, 0.3) is 5.56 Å². The van der Waals surface area contributed by atoms with Crippen molar-refractivity contribution in [1.82, 2.24) is 4.98 Å². The number of carbonyl (C=O) groups excluding carboxylic acids is 1. The number of hydrogen-bond acceptors (Lipinski definition) is 4. The lowest BCUT2D eigenvalue weighted by Gasteiger charge is -2.18. The van der Waals surface area contributed by atoms with Crippen LogP contribution in [0.1, 0.15) is 27.2 Å². The van der Waals surface area contributed by atoms with Crippen molar-refractivity contribution >= 4 is 17.6 Å². The topological polar surface area (TPSA) is 68.4 Å². The van der Waals surface area contributed by atoms with Crippen LogP contribution in [0.3, 0.4) is 0 Å². The van der Waals surface area contributed by atoms with Gasteiger partial charge in [-0.05, 0) is 49.2 Å². The minimum absolute atomic E-state index is 0.0340. The first-order valence-electron chi connectivity index (χ1n) is 8.91. The number of rotatable bonds is 5. The molecule has 30 heavy (non-hydrogen) atoms. The molecule has 1 N–H and O–H groups in total. The number of aryl methyl sites for hydroxylation is 2. The number of halogens is 3. The molecule has 0 amide bonds. The lowest BCUT2D eigenvalue weighted by atomic mass is 9.96. The lowest BCUT2D eigenvalue weighted by molar-refractivity contribution is 0.0600. The molecule has 0 aliphatic rings. The number of ether oxygens (including phenoxy) is 2. The summed E-state index contributed by atoms with van der Waals surface area (Å²) in [4.78, 5) is 26.8. The van der Waals surface area contributed by atoms with Gasteiger partial charge in [-0.1, -0.05) is 17.7 Å². The molecule has 1 aromatic heterocycles. The third-order valence-corrected chi connectivity index (χ3v) is 4.96. The van der Waals surface area contributed by atoms with E-state index in [1.165, 1.54) is 13.2 Å². The normalized spacial score (nSPS) is 10.7. The van der Waals surface area contributed by atoms with Gasteiger partial charge in [-0.2, -0.15) is 0 Å². The first kappa shape index (κ1) is 21.5. The molecule has 0 fully saturated rings. The van der Waals surface area contributed by atoms with E-state index >= 15 is 0 Å². The molecular weight excluding hydrogens is 416 g/mol. The molecule has 0 saturated heterocycles. The van der Waals surface area contributed by atoms with Gasteiger partial charge in [-0.3, -0.25) is 4.79 Å². The summed E-state index contributed by atoms with van der Waals surface area (Å²) < 4.78 is 37.7. The summed E-state index contributed by atoms with van der Waals surface area (Å²) in [6.45, 7) is 3.19. The monoisotopic (exact) mass is 433 g/mol. The molecule has 5 nitrogen and oxygen atoms in total. The Kier molecular flexibility index (Phi) is 6.22. The fourth-order valence-corrected chi connectivity index (χ4v) is 3.25. The van der Waals surface area contributed by atoms with E-state index < -0.39 is 23.2 Å². The van der Waals surface area contributed by atoms with E-state index in [9.17, 15) is 18.4 Å². The summed E-state index contributed by atoms with van der Waals surface area (Å²) in [5, 5.41) is -0.221. The van der Waals surface area contributed by atoms with E-state index in [1.807, 2.05) is 6.92 Å². The fraction of sp³-hybridized carbons (Fsp3) is 0.182. The number of methoxy groups -OCH3 is 1. The summed E-state index contributed by atoms with van der Waals surface area (Å²) in [5.41, 5.74) is 2.09. The van der Waals surface area contributed by atoms with Crippen molar-refractivity contribution in [3.8, 4) is 16.9 Å². The van der Waals surface area contributed by atoms with Crippen molar-refractivity contribution in [2.45, 2.75) is 20.5 Å². The van der Waals surface area contributed by atoms with Crippen LogP contribution < -0.4 is 10.3 Å². The Bertz CT molecular complexity index is 1190. The molecule has 8 heteroatoms. The average Bonchev–Trinajstić information content (AvgIpc) is 2.71. The third kappa shape index (κ3) is 4.21. The maximum absolute atomic E-state index is 14.0. The molecule has 0 aliphatic carbocycles. The summed E-state index contributed by atoms with van der Waals surface area (Å²) in [5.74, 6) is -1.98. The summed E-state index contributed by atoms with van der Waals surface area (Å²) in [7, 11) is 1.27. The number of esters is 1. The van der Waals surface area contributed by atoms with Crippen molar-refractivity contribution in [2.24, 2.45) is 0 Å². The number of carbonyl (C=O) groups is 1. The average molecular weight is 434 g/mol. The van der Waals surface area contributed by atoms with Gasteiger partial charge < -0.3 is 14.5 Å². The Morgan fingerprint density at radius 3 is 2.53 bits per heavy atom. The van der Waals surface area contributed by atoms with Crippen molar-refractivity contribution in [3.05, 3.63) is 85.8 Å². The minimum Gasteiger partial charge on any atom is -0.486 e. The van der Waals surface area contributed by atoms with E-state index in [0.29, 0.717) is 22.4 Å². The van der Waals surface area contributed by atoms with Gasteiger partial charge in [-0.15, -0.1) is 0 Å². The number of hydrogen-bond donors (Lipinski definition) is 1. The van der Waals surface area contributed by atoms with Gasteiger partial charge in [0, 0.05) is 22.9 Å². The second-order valence-electron chi connectivity index (χ2n) is 6.64. The lowest BCUT2D eigenvalue weighted by Crippen LogP contribution is -2.13. The highest BCUT2D eigenvalue weighted by atomic mass is 35.5. The number of H-pyrrole nitrogens is 1. The van der Waals surface area contributed by atoms with Crippen LogP contribution in [0.25, 0.3) is 11.1 Å². The van der Waals surface area contributed by atoms with Crippen LogP contribution in [0.2, 0.25) is 5.02 Å². The molecule has 0 unspecified atom stereocenters. The number of aromatic amines is 1. The maximum atomic E-state index is 14.0. The highest BCUT2D eigenvalue weighted by Crippen LogP contribution is 2.38. The molecule has 156 valence electrons. The zero-order valence-corrected chi connectivity index (χ0v) is 17.2. The molecule has 0 aliphatic heterocycles. The van der Waals surface area contributed by atoms with Crippen LogP contribution in [-0.2, 0) is 11.3 Å². The Hall–Kier alpha value is -3.19. The Morgan fingerprint density at radius 1 is 1.13 bits per heavy atom. The second-order valence-corrected chi connectivity index (χ2v) is 7.02. The minimum atomic E-state index is -0.780. The third-order valence-electron chi connectivity index (χ3n) is 4.62. The van der Waals surface area contributed by atoms with Crippen LogP contribution >= 0.6 is 11.6 Å². The molecule has 0 spiro atoms. The SMILES string of the molecule is COC(=O)c1ccc(C)c(-c2c(C)[nH]c(=O)c(Cl)c2OCc2ccc(F)cc2F)c1. The smallest absolute Gasteiger partial charge is 0.337 e. The predicted octanol–water partition coefficient (Wildman–Crippen LogP) is 4.96. The number of pyridine rings is 1. The summed E-state index contributed by atoms with van der Waals surface area (Å²) in [6, 6.07) is 8.04. The Balaban J connectivity index is 2.13. The molecule has 0 radical (unpaired) electrons. The molecule has 3 aromatic rings. The van der Waals surface area contributed by atoms with E-state index in [1.54, 1.807) is 25.1 Å². The zero-order chi connectivity index (χ0) is 22.0. The van der Waals surface area contributed by atoms with Crippen molar-refractivity contribution in [3.63, 3.8) is 0 Å². The summed E-state index contributed by atoms with van der Waals surface area (Å²) in [6.07, 6.45) is 0. The molecular formula is C22H18ClF2NO4. The largest absolute Gasteiger partial charge is 0.486 e. The van der Waals surface area contributed by atoms with E-state index in [4.69, 9.17) is 21.1 Å². The molecule has 1 heterocycles. The van der Waals surface area contributed by atoms with Gasteiger partial charge in [0.15, 0.2) is 5.75 Å². The molecule has 2 aromatic carbocycles. The van der Waals surface area contributed by atoms with Gasteiger partial charge in [0.1, 0.15) is 23.3 Å². The van der Waals surface area contributed by atoms with Crippen LogP contribution in [0.15, 0.2) is 41.2 Å². The maximum Gasteiger partial charge on any atom is 0.337 e. The van der Waals surface area contributed by atoms with Crippen LogP contribution in [0, 0.1) is 25.5 Å². The van der Waals surface area contributed by atoms with Gasteiger partial charge in [0.05, 0.1) is 12.7 Å². The van der Waals surface area contributed by atoms with Crippen LogP contribution in [0.4, 0.5) is 8.78 Å². The van der Waals surface area contributed by atoms with Crippen LogP contribution in [-0.4, -0.2) is 18.1 Å². The fourth-order valence-electron chi connectivity index (χ4n) is 3.06. The second kappa shape index (κ2) is 8.67. The molecule has 0 bridgehead atoms. The van der Waals surface area contributed by atoms with Gasteiger partial charge in [0.2, 0.25) is 0 Å². The van der Waals surface area contributed by atoms with Gasteiger partial charge in [-0.25, -0.2) is 13.6 Å². The first-order valence-corrected chi connectivity index (χ1v) is 9.29.